The summed E-state index contributed by atoms with van der Waals surface area (Å²) < 4.78 is 36.0. The van der Waals surface area contributed by atoms with E-state index in [-0.39, 0.29) is 14.9 Å². The van der Waals surface area contributed by atoms with Crippen LogP contribution in [-0.4, -0.2) is 23.2 Å². The van der Waals surface area contributed by atoms with Crippen LogP contribution in [0.5, 0.6) is 11.8 Å². The standard InChI is InChI=1S/C24H28Cl2N4O3S/c1-3-30-23(16(2)29-34(31,32)20-13-14-21(25)22(26)15-20)27-28-24(30)33-19-11-9-18(10-12-19)17-7-5-4-6-8-17/h9-17,29H,3-8H2,1-2H3/t16-/m1/s1. The Hall–Kier alpha value is -2.13. The van der Waals surface area contributed by atoms with Gasteiger partial charge in [0.1, 0.15) is 5.75 Å². The van der Waals surface area contributed by atoms with Crippen LogP contribution < -0.4 is 9.46 Å². The summed E-state index contributed by atoms with van der Waals surface area (Å²) in [6, 6.07) is 12.0. The average molecular weight is 523 g/mol. The summed E-state index contributed by atoms with van der Waals surface area (Å²) in [6.07, 6.45) is 6.39. The maximum atomic E-state index is 12.8. The lowest BCUT2D eigenvalue weighted by Crippen LogP contribution is -2.29. The van der Waals surface area contributed by atoms with Gasteiger partial charge in [-0.3, -0.25) is 4.57 Å². The zero-order chi connectivity index (χ0) is 24.3. The smallest absolute Gasteiger partial charge is 0.322 e. The van der Waals surface area contributed by atoms with E-state index in [1.807, 2.05) is 19.1 Å². The van der Waals surface area contributed by atoms with Crippen molar-refractivity contribution >= 4 is 33.2 Å². The SMILES string of the molecule is CCn1c(Oc2ccc(C3CCCCC3)cc2)nnc1[C@@H](C)NS(=O)(=O)c1ccc(Cl)c(Cl)c1. The van der Waals surface area contributed by atoms with Crippen LogP contribution in [0.15, 0.2) is 47.4 Å². The van der Waals surface area contributed by atoms with E-state index in [1.54, 1.807) is 11.5 Å². The predicted molar refractivity (Wildman–Crippen MR) is 133 cm³/mol. The molecule has 1 saturated carbocycles. The molecule has 0 amide bonds. The lowest BCUT2D eigenvalue weighted by Gasteiger charge is -2.22. The lowest BCUT2D eigenvalue weighted by atomic mass is 9.84. The Kier molecular flexibility index (Phi) is 7.82. The predicted octanol–water partition coefficient (Wildman–Crippen LogP) is 6.48. The number of rotatable bonds is 8. The van der Waals surface area contributed by atoms with Gasteiger partial charge in [0.15, 0.2) is 5.82 Å². The summed E-state index contributed by atoms with van der Waals surface area (Å²) in [7, 11) is -3.85. The zero-order valence-corrected chi connectivity index (χ0v) is 21.5. The number of nitrogens with zero attached hydrogens (tertiary/aromatic N) is 3. The Morgan fingerprint density at radius 3 is 2.41 bits per heavy atom. The first-order valence-electron chi connectivity index (χ1n) is 11.5. The molecule has 1 atom stereocenters. The first-order valence-corrected chi connectivity index (χ1v) is 13.7. The van der Waals surface area contributed by atoms with Gasteiger partial charge in [0.05, 0.1) is 21.0 Å². The van der Waals surface area contributed by atoms with Gasteiger partial charge < -0.3 is 4.74 Å². The highest BCUT2D eigenvalue weighted by Gasteiger charge is 2.25. The van der Waals surface area contributed by atoms with Gasteiger partial charge in [0, 0.05) is 6.54 Å². The minimum absolute atomic E-state index is 0.0193. The molecule has 0 radical (unpaired) electrons. The normalized spacial score (nSPS) is 15.9. The Bertz CT molecular complexity index is 1240. The highest BCUT2D eigenvalue weighted by Crippen LogP contribution is 2.34. The van der Waals surface area contributed by atoms with Gasteiger partial charge >= 0.3 is 6.01 Å². The molecule has 182 valence electrons. The first-order chi connectivity index (χ1) is 16.3. The molecule has 4 rings (SSSR count). The molecule has 7 nitrogen and oxygen atoms in total. The van der Waals surface area contributed by atoms with Gasteiger partial charge in [-0.25, -0.2) is 13.1 Å². The highest BCUT2D eigenvalue weighted by atomic mass is 35.5. The van der Waals surface area contributed by atoms with Crippen molar-refractivity contribution in [2.24, 2.45) is 0 Å². The second-order valence-electron chi connectivity index (χ2n) is 8.51. The Morgan fingerprint density at radius 1 is 1.06 bits per heavy atom. The van der Waals surface area contributed by atoms with Crippen LogP contribution in [-0.2, 0) is 16.6 Å². The van der Waals surface area contributed by atoms with Crippen LogP contribution in [0.4, 0.5) is 0 Å². The van der Waals surface area contributed by atoms with Crippen LogP contribution in [0, 0.1) is 0 Å². The molecule has 1 aliphatic rings. The fourth-order valence-corrected chi connectivity index (χ4v) is 5.93. The van der Waals surface area contributed by atoms with Gasteiger partial charge in [-0.15, -0.1) is 5.10 Å². The highest BCUT2D eigenvalue weighted by molar-refractivity contribution is 7.89. The molecule has 1 N–H and O–H groups in total. The van der Waals surface area contributed by atoms with E-state index in [0.29, 0.717) is 30.0 Å². The minimum atomic E-state index is -3.85. The minimum Gasteiger partial charge on any atom is -0.424 e. The van der Waals surface area contributed by atoms with Crippen molar-refractivity contribution in [1.29, 1.82) is 0 Å². The number of benzene rings is 2. The molecule has 1 heterocycles. The molecular weight excluding hydrogens is 495 g/mol. The van der Waals surface area contributed by atoms with E-state index < -0.39 is 16.1 Å². The summed E-state index contributed by atoms with van der Waals surface area (Å²) in [6.45, 7) is 4.14. The molecule has 1 aliphatic carbocycles. The number of ether oxygens (including phenoxy) is 1. The van der Waals surface area contributed by atoms with Gasteiger partial charge in [0.2, 0.25) is 10.0 Å². The molecule has 2 aromatic carbocycles. The van der Waals surface area contributed by atoms with Crippen LogP contribution in [0.2, 0.25) is 10.0 Å². The molecular formula is C24H28Cl2N4O3S. The summed E-state index contributed by atoms with van der Waals surface area (Å²) >= 11 is 11.9. The van der Waals surface area contributed by atoms with E-state index in [4.69, 9.17) is 27.9 Å². The van der Waals surface area contributed by atoms with Crippen molar-refractivity contribution in [2.75, 3.05) is 0 Å². The zero-order valence-electron chi connectivity index (χ0n) is 19.2. The van der Waals surface area contributed by atoms with Gasteiger partial charge in [-0.1, -0.05) is 59.7 Å². The molecule has 1 fully saturated rings. The average Bonchev–Trinajstić information content (AvgIpc) is 3.24. The summed E-state index contributed by atoms with van der Waals surface area (Å²) in [5, 5.41) is 8.81. The fraction of sp³-hybridized carbons (Fsp3) is 0.417. The third-order valence-corrected chi connectivity index (χ3v) is 8.43. The largest absolute Gasteiger partial charge is 0.424 e. The first kappa shape index (κ1) is 25.0. The molecule has 10 heteroatoms. The molecule has 0 aliphatic heterocycles. The number of sulfonamides is 1. The molecule has 0 unspecified atom stereocenters. The summed E-state index contributed by atoms with van der Waals surface area (Å²) in [4.78, 5) is 0.0193. The fourth-order valence-electron chi connectivity index (χ4n) is 4.34. The van der Waals surface area contributed by atoms with Crippen LogP contribution in [0.3, 0.4) is 0 Å². The van der Waals surface area contributed by atoms with Crippen LogP contribution in [0.25, 0.3) is 0 Å². The van der Waals surface area contributed by atoms with Crippen molar-refractivity contribution in [1.82, 2.24) is 19.5 Å². The Morgan fingerprint density at radius 2 is 1.76 bits per heavy atom. The Balaban J connectivity index is 1.48. The quantitative estimate of drug-likeness (QED) is 0.365. The van der Waals surface area contributed by atoms with E-state index in [9.17, 15) is 8.42 Å². The second kappa shape index (κ2) is 10.6. The topological polar surface area (TPSA) is 86.1 Å². The lowest BCUT2D eigenvalue weighted by molar-refractivity contribution is 0.406. The maximum Gasteiger partial charge on any atom is 0.322 e. The van der Waals surface area contributed by atoms with Crippen LogP contribution in [0.1, 0.15) is 69.3 Å². The van der Waals surface area contributed by atoms with E-state index in [0.717, 1.165) is 0 Å². The molecule has 34 heavy (non-hydrogen) atoms. The molecule has 0 saturated heterocycles. The third kappa shape index (κ3) is 5.57. The number of hydrogen-bond acceptors (Lipinski definition) is 5. The Labute approximate surface area is 210 Å². The monoisotopic (exact) mass is 522 g/mol. The summed E-state index contributed by atoms with van der Waals surface area (Å²) in [5.74, 6) is 1.73. The number of nitrogens with one attached hydrogen (secondary N) is 1. The summed E-state index contributed by atoms with van der Waals surface area (Å²) in [5.41, 5.74) is 1.34. The van der Waals surface area contributed by atoms with Crippen molar-refractivity contribution in [3.8, 4) is 11.8 Å². The molecule has 0 bridgehead atoms. The van der Waals surface area contributed by atoms with Gasteiger partial charge in [-0.05, 0) is 68.5 Å². The van der Waals surface area contributed by atoms with Gasteiger partial charge in [0.25, 0.3) is 0 Å². The number of halogens is 2. The number of aromatic nitrogens is 3. The van der Waals surface area contributed by atoms with E-state index >= 15 is 0 Å². The third-order valence-electron chi connectivity index (χ3n) is 6.15. The maximum absolute atomic E-state index is 12.8. The van der Waals surface area contributed by atoms with E-state index in [2.05, 4.69) is 27.1 Å². The van der Waals surface area contributed by atoms with E-state index in [1.165, 1.54) is 55.9 Å². The van der Waals surface area contributed by atoms with Crippen molar-refractivity contribution in [3.05, 3.63) is 63.9 Å². The second-order valence-corrected chi connectivity index (χ2v) is 11.0. The number of hydrogen-bond donors (Lipinski definition) is 1. The molecule has 0 spiro atoms. The van der Waals surface area contributed by atoms with Crippen molar-refractivity contribution in [3.63, 3.8) is 0 Å². The van der Waals surface area contributed by atoms with Gasteiger partial charge in [-0.2, -0.15) is 0 Å². The molecule has 3 aromatic rings. The van der Waals surface area contributed by atoms with Crippen molar-refractivity contribution in [2.45, 2.75) is 69.4 Å². The molecule has 1 aromatic heterocycles. The van der Waals surface area contributed by atoms with Crippen LogP contribution >= 0.6 is 23.2 Å². The van der Waals surface area contributed by atoms with Crippen molar-refractivity contribution < 1.29 is 13.2 Å².